The molecule has 0 fully saturated rings. The van der Waals surface area contributed by atoms with E-state index < -0.39 is 0 Å². The standard InChI is InChI=1S/C19H25N3O3/c1-4-8-22-11-16(13(2)21-22)19(23)20-10-14-9-15-6-5-7-17(24-3)18(15)25-12-14/h5-7,11,14H,4,8-10,12H2,1-3H3,(H,20,23)/t14-/m0/s1. The van der Waals surface area contributed by atoms with Gasteiger partial charge in [0.1, 0.15) is 0 Å². The summed E-state index contributed by atoms with van der Waals surface area (Å²) in [5, 5.41) is 7.40. The minimum atomic E-state index is -0.0729. The molecular formula is C19H25N3O3. The molecule has 1 aromatic carbocycles. The Bertz CT molecular complexity index is 754. The molecule has 1 amide bonds. The molecule has 2 heterocycles. The molecule has 134 valence electrons. The smallest absolute Gasteiger partial charge is 0.254 e. The number of hydrogen-bond acceptors (Lipinski definition) is 4. The Morgan fingerprint density at radius 3 is 3.08 bits per heavy atom. The Hall–Kier alpha value is -2.50. The summed E-state index contributed by atoms with van der Waals surface area (Å²) in [5.41, 5.74) is 2.53. The predicted octanol–water partition coefficient (Wildman–Crippen LogP) is 2.59. The fraction of sp³-hybridized carbons (Fsp3) is 0.474. The summed E-state index contributed by atoms with van der Waals surface area (Å²) in [4.78, 5) is 12.4. The van der Waals surface area contributed by atoms with E-state index in [0.29, 0.717) is 18.7 Å². The highest BCUT2D eigenvalue weighted by Gasteiger charge is 2.23. The summed E-state index contributed by atoms with van der Waals surface area (Å²) >= 11 is 0. The van der Waals surface area contributed by atoms with Crippen LogP contribution in [0.2, 0.25) is 0 Å². The molecule has 2 aromatic rings. The van der Waals surface area contributed by atoms with Crippen LogP contribution < -0.4 is 14.8 Å². The number of nitrogens with one attached hydrogen (secondary N) is 1. The van der Waals surface area contributed by atoms with Crippen molar-refractivity contribution >= 4 is 5.91 Å². The van der Waals surface area contributed by atoms with Gasteiger partial charge in [-0.1, -0.05) is 19.1 Å². The molecule has 0 unspecified atom stereocenters. The summed E-state index contributed by atoms with van der Waals surface area (Å²) in [6.07, 6.45) is 3.68. The predicted molar refractivity (Wildman–Crippen MR) is 95.3 cm³/mol. The molecule has 0 saturated heterocycles. The van der Waals surface area contributed by atoms with Crippen LogP contribution in [-0.4, -0.2) is 35.9 Å². The number of aromatic nitrogens is 2. The van der Waals surface area contributed by atoms with Gasteiger partial charge in [0.25, 0.3) is 5.91 Å². The van der Waals surface area contributed by atoms with E-state index in [2.05, 4.69) is 17.3 Å². The molecular weight excluding hydrogens is 318 g/mol. The topological polar surface area (TPSA) is 65.4 Å². The minimum Gasteiger partial charge on any atom is -0.493 e. The van der Waals surface area contributed by atoms with Crippen LogP contribution in [0.1, 0.15) is 35.0 Å². The SMILES string of the molecule is CCCn1cc(C(=O)NC[C@H]2COc3c(cccc3OC)C2)c(C)n1. The monoisotopic (exact) mass is 343 g/mol. The van der Waals surface area contributed by atoms with E-state index in [9.17, 15) is 4.79 Å². The van der Waals surface area contributed by atoms with Gasteiger partial charge >= 0.3 is 0 Å². The number of hydrogen-bond donors (Lipinski definition) is 1. The van der Waals surface area contributed by atoms with E-state index in [0.717, 1.165) is 42.1 Å². The van der Waals surface area contributed by atoms with Gasteiger partial charge in [0.05, 0.1) is 25.0 Å². The van der Waals surface area contributed by atoms with Crippen LogP contribution in [0.3, 0.4) is 0 Å². The van der Waals surface area contributed by atoms with E-state index in [1.165, 1.54) is 0 Å². The summed E-state index contributed by atoms with van der Waals surface area (Å²) in [6, 6.07) is 5.91. The minimum absolute atomic E-state index is 0.0729. The van der Waals surface area contributed by atoms with Gasteiger partial charge in [0.15, 0.2) is 11.5 Å². The van der Waals surface area contributed by atoms with Crippen LogP contribution in [0.5, 0.6) is 11.5 Å². The maximum atomic E-state index is 12.4. The van der Waals surface area contributed by atoms with Crippen molar-refractivity contribution in [3.05, 3.63) is 41.2 Å². The van der Waals surface area contributed by atoms with Gasteiger partial charge < -0.3 is 14.8 Å². The number of para-hydroxylation sites is 1. The Labute approximate surface area is 148 Å². The Morgan fingerprint density at radius 1 is 1.48 bits per heavy atom. The lowest BCUT2D eigenvalue weighted by molar-refractivity contribution is 0.0938. The van der Waals surface area contributed by atoms with Crippen molar-refractivity contribution in [3.63, 3.8) is 0 Å². The average Bonchev–Trinajstić information content (AvgIpc) is 2.99. The summed E-state index contributed by atoms with van der Waals surface area (Å²) in [6.45, 7) is 5.93. The van der Waals surface area contributed by atoms with Gasteiger partial charge in [0.2, 0.25) is 0 Å². The molecule has 3 rings (SSSR count). The highest BCUT2D eigenvalue weighted by molar-refractivity contribution is 5.95. The Morgan fingerprint density at radius 2 is 2.32 bits per heavy atom. The third kappa shape index (κ3) is 3.78. The van der Waals surface area contributed by atoms with Crippen LogP contribution >= 0.6 is 0 Å². The Kier molecular flexibility index (Phi) is 5.26. The number of amides is 1. The second kappa shape index (κ2) is 7.59. The molecule has 1 aromatic heterocycles. The van der Waals surface area contributed by atoms with Crippen molar-refractivity contribution in [1.82, 2.24) is 15.1 Å². The lowest BCUT2D eigenvalue weighted by Gasteiger charge is -2.26. The van der Waals surface area contributed by atoms with E-state index >= 15 is 0 Å². The lowest BCUT2D eigenvalue weighted by atomic mass is 9.96. The number of carbonyl (C=O) groups excluding carboxylic acids is 1. The number of benzene rings is 1. The van der Waals surface area contributed by atoms with Gasteiger partial charge in [-0.05, 0) is 31.4 Å². The van der Waals surface area contributed by atoms with Crippen LogP contribution in [0.4, 0.5) is 0 Å². The molecule has 0 spiro atoms. The Balaban J connectivity index is 1.60. The van der Waals surface area contributed by atoms with Crippen molar-refractivity contribution in [2.75, 3.05) is 20.3 Å². The number of ether oxygens (including phenoxy) is 2. The van der Waals surface area contributed by atoms with E-state index in [4.69, 9.17) is 9.47 Å². The molecule has 0 bridgehead atoms. The number of methoxy groups -OCH3 is 1. The molecule has 0 radical (unpaired) electrons. The molecule has 0 aliphatic carbocycles. The summed E-state index contributed by atoms with van der Waals surface area (Å²) in [5.74, 6) is 1.76. The van der Waals surface area contributed by atoms with Gasteiger partial charge in [-0.15, -0.1) is 0 Å². The fourth-order valence-electron chi connectivity index (χ4n) is 3.17. The van der Waals surface area contributed by atoms with Crippen molar-refractivity contribution in [2.24, 2.45) is 5.92 Å². The highest BCUT2D eigenvalue weighted by Crippen LogP contribution is 2.35. The maximum absolute atomic E-state index is 12.4. The lowest BCUT2D eigenvalue weighted by Crippen LogP contribution is -2.35. The molecule has 6 nitrogen and oxygen atoms in total. The second-order valence-corrected chi connectivity index (χ2v) is 6.43. The van der Waals surface area contributed by atoms with E-state index in [-0.39, 0.29) is 11.8 Å². The van der Waals surface area contributed by atoms with Gasteiger partial charge in [-0.3, -0.25) is 9.48 Å². The van der Waals surface area contributed by atoms with Crippen LogP contribution in [0, 0.1) is 12.8 Å². The third-order valence-electron chi connectivity index (χ3n) is 4.45. The molecule has 25 heavy (non-hydrogen) atoms. The van der Waals surface area contributed by atoms with Gasteiger partial charge in [-0.25, -0.2) is 0 Å². The van der Waals surface area contributed by atoms with E-state index in [1.807, 2.05) is 36.0 Å². The number of aryl methyl sites for hydroxylation is 2. The van der Waals surface area contributed by atoms with Gasteiger partial charge in [0, 0.05) is 25.2 Å². The number of nitrogens with zero attached hydrogens (tertiary/aromatic N) is 2. The van der Waals surface area contributed by atoms with Crippen molar-refractivity contribution in [1.29, 1.82) is 0 Å². The highest BCUT2D eigenvalue weighted by atomic mass is 16.5. The average molecular weight is 343 g/mol. The van der Waals surface area contributed by atoms with Crippen molar-refractivity contribution in [3.8, 4) is 11.5 Å². The molecule has 6 heteroatoms. The largest absolute Gasteiger partial charge is 0.493 e. The van der Waals surface area contributed by atoms with Crippen molar-refractivity contribution < 1.29 is 14.3 Å². The summed E-state index contributed by atoms with van der Waals surface area (Å²) < 4.78 is 13.0. The fourth-order valence-corrected chi connectivity index (χ4v) is 3.17. The van der Waals surface area contributed by atoms with E-state index in [1.54, 1.807) is 7.11 Å². The second-order valence-electron chi connectivity index (χ2n) is 6.43. The van der Waals surface area contributed by atoms with Crippen LogP contribution in [0.25, 0.3) is 0 Å². The van der Waals surface area contributed by atoms with Crippen molar-refractivity contribution in [2.45, 2.75) is 33.2 Å². The molecule has 1 aliphatic rings. The third-order valence-corrected chi connectivity index (χ3v) is 4.45. The molecule has 1 aliphatic heterocycles. The quantitative estimate of drug-likeness (QED) is 0.875. The summed E-state index contributed by atoms with van der Waals surface area (Å²) in [7, 11) is 1.65. The first-order chi connectivity index (χ1) is 12.1. The normalized spacial score (nSPS) is 16.0. The zero-order chi connectivity index (χ0) is 17.8. The molecule has 1 atom stereocenters. The maximum Gasteiger partial charge on any atom is 0.254 e. The van der Waals surface area contributed by atoms with Crippen LogP contribution in [0.15, 0.2) is 24.4 Å². The van der Waals surface area contributed by atoms with Crippen LogP contribution in [-0.2, 0) is 13.0 Å². The zero-order valence-corrected chi connectivity index (χ0v) is 15.0. The molecule has 0 saturated carbocycles. The number of carbonyl (C=O) groups is 1. The number of fused-ring (bicyclic) bond motifs is 1. The first kappa shape index (κ1) is 17.3. The zero-order valence-electron chi connectivity index (χ0n) is 15.0. The first-order valence-electron chi connectivity index (χ1n) is 8.73. The molecule has 1 N–H and O–H groups in total. The number of rotatable bonds is 6. The van der Waals surface area contributed by atoms with Gasteiger partial charge in [-0.2, -0.15) is 5.10 Å². The first-order valence-corrected chi connectivity index (χ1v) is 8.73.